The lowest BCUT2D eigenvalue weighted by molar-refractivity contribution is 0.669. The summed E-state index contributed by atoms with van der Waals surface area (Å²) in [6, 6.07) is 72.3. The Morgan fingerprint density at radius 2 is 0.964 bits per heavy atom. The van der Waals surface area contributed by atoms with E-state index >= 15 is 0 Å². The van der Waals surface area contributed by atoms with Crippen LogP contribution in [0.2, 0.25) is 0 Å². The van der Waals surface area contributed by atoms with E-state index < -0.39 is 0 Å². The zero-order valence-electron chi connectivity index (χ0n) is 29.8. The molecule has 11 aromatic rings. The van der Waals surface area contributed by atoms with Crippen molar-refractivity contribution in [3.8, 4) is 33.4 Å². The average molecular weight is 720 g/mol. The van der Waals surface area contributed by atoms with Gasteiger partial charge in [-0.1, -0.05) is 133 Å². The molecule has 0 spiro atoms. The molecule has 2 heterocycles. The molecule has 0 aliphatic rings. The van der Waals surface area contributed by atoms with Crippen molar-refractivity contribution in [3.05, 3.63) is 200 Å². The zero-order valence-corrected chi connectivity index (χ0v) is 30.6. The van der Waals surface area contributed by atoms with Crippen LogP contribution in [0.5, 0.6) is 0 Å². The monoisotopic (exact) mass is 719 g/mol. The van der Waals surface area contributed by atoms with Gasteiger partial charge in [-0.3, -0.25) is 0 Å². The zero-order chi connectivity index (χ0) is 36.3. The molecule has 3 heteroatoms. The summed E-state index contributed by atoms with van der Waals surface area (Å²) in [7, 11) is 0. The molecule has 55 heavy (non-hydrogen) atoms. The Labute approximate surface area is 322 Å². The van der Waals surface area contributed by atoms with Gasteiger partial charge in [0.1, 0.15) is 11.2 Å². The van der Waals surface area contributed by atoms with E-state index in [9.17, 15) is 0 Å². The van der Waals surface area contributed by atoms with E-state index in [0.29, 0.717) is 0 Å². The number of thiophene rings is 1. The molecule has 11 rings (SSSR count). The summed E-state index contributed by atoms with van der Waals surface area (Å²) in [6.07, 6.45) is 0. The van der Waals surface area contributed by atoms with Crippen molar-refractivity contribution < 1.29 is 4.42 Å². The molecule has 0 amide bonds. The summed E-state index contributed by atoms with van der Waals surface area (Å²) < 4.78 is 8.88. The van der Waals surface area contributed by atoms with Crippen LogP contribution >= 0.6 is 11.3 Å². The first-order valence-corrected chi connectivity index (χ1v) is 19.5. The minimum atomic E-state index is 0.904. The van der Waals surface area contributed by atoms with E-state index in [4.69, 9.17) is 4.42 Å². The van der Waals surface area contributed by atoms with Gasteiger partial charge in [-0.05, 0) is 111 Å². The lowest BCUT2D eigenvalue weighted by Crippen LogP contribution is -2.10. The van der Waals surface area contributed by atoms with Crippen molar-refractivity contribution in [2.45, 2.75) is 0 Å². The van der Waals surface area contributed by atoms with Crippen LogP contribution < -0.4 is 4.90 Å². The van der Waals surface area contributed by atoms with Crippen LogP contribution in [-0.4, -0.2) is 0 Å². The highest BCUT2D eigenvalue weighted by molar-refractivity contribution is 7.26. The lowest BCUT2D eigenvalue weighted by Gasteiger charge is -2.26. The van der Waals surface area contributed by atoms with Crippen molar-refractivity contribution >= 4 is 81.3 Å². The number of rotatable bonds is 6. The van der Waals surface area contributed by atoms with Crippen LogP contribution in [0.4, 0.5) is 17.1 Å². The van der Waals surface area contributed by atoms with Crippen molar-refractivity contribution in [2.75, 3.05) is 4.90 Å². The Bertz CT molecular complexity index is 3210. The molecule has 0 N–H and O–H groups in total. The molecule has 0 atom stereocenters. The third-order valence-corrected chi connectivity index (χ3v) is 12.1. The molecule has 0 radical (unpaired) electrons. The third kappa shape index (κ3) is 5.48. The SMILES string of the molecule is c1cc(-c2ccc3ccccc3c2)cc(N(c2ccc(-c3ccc4c(c3)oc3ccccc34)cc2)c2ccc(-c3cccc4c3sc3ccccc34)cc2)c1. The molecule has 0 saturated heterocycles. The van der Waals surface area contributed by atoms with Gasteiger partial charge < -0.3 is 9.32 Å². The molecule has 2 nitrogen and oxygen atoms in total. The fraction of sp³-hybridized carbons (Fsp3) is 0. The molecule has 9 aromatic carbocycles. The van der Waals surface area contributed by atoms with Gasteiger partial charge in [-0.25, -0.2) is 0 Å². The van der Waals surface area contributed by atoms with E-state index in [1.807, 2.05) is 23.5 Å². The molecule has 0 unspecified atom stereocenters. The summed E-state index contributed by atoms with van der Waals surface area (Å²) >= 11 is 1.87. The maximum Gasteiger partial charge on any atom is 0.136 e. The molecule has 0 saturated carbocycles. The maximum atomic E-state index is 6.24. The number of benzene rings is 9. The van der Waals surface area contributed by atoms with Gasteiger partial charge in [0.05, 0.1) is 0 Å². The van der Waals surface area contributed by atoms with E-state index in [1.54, 1.807) is 0 Å². The second-order valence-corrected chi connectivity index (χ2v) is 15.2. The van der Waals surface area contributed by atoms with Gasteiger partial charge in [-0.2, -0.15) is 0 Å². The van der Waals surface area contributed by atoms with Gasteiger partial charge in [0, 0.05) is 48.0 Å². The predicted octanol–water partition coefficient (Wildman–Crippen LogP) is 15.6. The van der Waals surface area contributed by atoms with Gasteiger partial charge in [0.25, 0.3) is 0 Å². The summed E-state index contributed by atoms with van der Waals surface area (Å²) in [4.78, 5) is 2.36. The largest absolute Gasteiger partial charge is 0.456 e. The highest BCUT2D eigenvalue weighted by atomic mass is 32.1. The number of nitrogens with zero attached hydrogens (tertiary/aromatic N) is 1. The number of fused-ring (bicyclic) bond motifs is 7. The molecule has 0 fully saturated rings. The molecule has 0 bridgehead atoms. The normalized spacial score (nSPS) is 11.6. The van der Waals surface area contributed by atoms with Gasteiger partial charge in [0.2, 0.25) is 0 Å². The first-order chi connectivity index (χ1) is 27.2. The summed E-state index contributed by atoms with van der Waals surface area (Å²) in [5.74, 6) is 0. The fourth-order valence-electron chi connectivity index (χ4n) is 8.11. The van der Waals surface area contributed by atoms with Crippen molar-refractivity contribution in [3.63, 3.8) is 0 Å². The molecular formula is C52H33NOS. The lowest BCUT2D eigenvalue weighted by atomic mass is 9.99. The first kappa shape index (κ1) is 31.6. The molecule has 0 aliphatic carbocycles. The number of para-hydroxylation sites is 1. The van der Waals surface area contributed by atoms with E-state index in [-0.39, 0.29) is 0 Å². The minimum Gasteiger partial charge on any atom is -0.456 e. The first-order valence-electron chi connectivity index (χ1n) is 18.7. The molecule has 258 valence electrons. The van der Waals surface area contributed by atoms with Gasteiger partial charge >= 0.3 is 0 Å². The maximum absolute atomic E-state index is 6.24. The molecule has 2 aromatic heterocycles. The van der Waals surface area contributed by atoms with Crippen molar-refractivity contribution in [1.29, 1.82) is 0 Å². The average Bonchev–Trinajstić information content (AvgIpc) is 3.82. The summed E-state index contributed by atoms with van der Waals surface area (Å²) in [5, 5.41) is 7.40. The second kappa shape index (κ2) is 12.9. The highest BCUT2D eigenvalue weighted by Crippen LogP contribution is 2.42. The fourth-order valence-corrected chi connectivity index (χ4v) is 9.35. The number of furan rings is 1. The Balaban J connectivity index is 1.00. The Kier molecular flexibility index (Phi) is 7.39. The van der Waals surface area contributed by atoms with Gasteiger partial charge in [-0.15, -0.1) is 11.3 Å². The Morgan fingerprint density at radius 3 is 1.82 bits per heavy atom. The Morgan fingerprint density at radius 1 is 0.345 bits per heavy atom. The van der Waals surface area contributed by atoms with Crippen LogP contribution in [0, 0.1) is 0 Å². The number of anilines is 3. The number of hydrogen-bond donors (Lipinski definition) is 0. The second-order valence-electron chi connectivity index (χ2n) is 14.1. The standard InChI is InChI=1S/C52H33NOS/c1-2-10-37-31-39(20-19-34(37)9-1)38-11-7-12-43(32-38)53(41-26-21-35(22-27-41)40-25-30-46-45-13-3-5-17-49(45)54-50(46)33-40)42-28-23-36(24-29-42)44-15-8-16-48-47-14-4-6-18-51(47)55-52(44)48/h1-33H. The Hall–Kier alpha value is -6.94. The minimum absolute atomic E-state index is 0.904. The van der Waals surface area contributed by atoms with Crippen LogP contribution in [-0.2, 0) is 0 Å². The smallest absolute Gasteiger partial charge is 0.136 e. The quantitative estimate of drug-likeness (QED) is 0.170. The van der Waals surface area contributed by atoms with Crippen LogP contribution in [0.25, 0.3) is 86.3 Å². The van der Waals surface area contributed by atoms with Crippen LogP contribution in [0.15, 0.2) is 205 Å². The van der Waals surface area contributed by atoms with E-state index in [1.165, 1.54) is 53.2 Å². The van der Waals surface area contributed by atoms with Crippen molar-refractivity contribution in [1.82, 2.24) is 0 Å². The summed E-state index contributed by atoms with van der Waals surface area (Å²) in [5.41, 5.74) is 12.2. The topological polar surface area (TPSA) is 16.4 Å². The predicted molar refractivity (Wildman–Crippen MR) is 235 cm³/mol. The van der Waals surface area contributed by atoms with Gasteiger partial charge in [0.15, 0.2) is 0 Å². The molecular weight excluding hydrogens is 687 g/mol. The third-order valence-electron chi connectivity index (χ3n) is 10.9. The molecule has 0 aliphatic heterocycles. The van der Waals surface area contributed by atoms with E-state index in [2.05, 4.69) is 193 Å². The van der Waals surface area contributed by atoms with E-state index in [0.717, 1.165) is 50.1 Å². The van der Waals surface area contributed by atoms with Crippen LogP contribution in [0.3, 0.4) is 0 Å². The highest BCUT2D eigenvalue weighted by Gasteiger charge is 2.16. The number of hydrogen-bond acceptors (Lipinski definition) is 3. The van der Waals surface area contributed by atoms with Crippen LogP contribution in [0.1, 0.15) is 0 Å². The van der Waals surface area contributed by atoms with Crippen molar-refractivity contribution in [2.24, 2.45) is 0 Å². The summed E-state index contributed by atoms with van der Waals surface area (Å²) in [6.45, 7) is 0.